The van der Waals surface area contributed by atoms with E-state index in [1.807, 2.05) is 24.3 Å². The fourth-order valence-electron chi connectivity index (χ4n) is 2.04. The highest BCUT2D eigenvalue weighted by molar-refractivity contribution is 6.30. The van der Waals surface area contributed by atoms with E-state index in [9.17, 15) is 0 Å². The van der Waals surface area contributed by atoms with Crippen LogP contribution in [-0.2, 0) is 6.42 Å². The third-order valence-electron chi connectivity index (χ3n) is 3.19. The summed E-state index contributed by atoms with van der Waals surface area (Å²) in [6, 6.07) is 16.3. The summed E-state index contributed by atoms with van der Waals surface area (Å²) in [4.78, 5) is 0. The second-order valence-corrected chi connectivity index (χ2v) is 4.97. The van der Waals surface area contributed by atoms with E-state index in [0.29, 0.717) is 6.54 Å². The molecule has 2 nitrogen and oxygen atoms in total. The lowest BCUT2D eigenvalue weighted by Gasteiger charge is -2.19. The molecule has 19 heavy (non-hydrogen) atoms. The van der Waals surface area contributed by atoms with E-state index < -0.39 is 0 Å². The summed E-state index contributed by atoms with van der Waals surface area (Å²) in [6.45, 7) is 2.67. The summed E-state index contributed by atoms with van der Waals surface area (Å²) in [7, 11) is 0. The van der Waals surface area contributed by atoms with Crippen LogP contribution in [0.3, 0.4) is 0 Å². The molecule has 0 saturated heterocycles. The Morgan fingerprint density at radius 1 is 1.16 bits per heavy atom. The number of rotatable bonds is 5. The van der Waals surface area contributed by atoms with Crippen molar-refractivity contribution in [2.75, 3.05) is 11.9 Å². The zero-order valence-corrected chi connectivity index (χ0v) is 11.8. The predicted octanol–water partition coefficient (Wildman–Crippen LogP) is 4.01. The highest BCUT2D eigenvalue weighted by Gasteiger charge is 2.09. The van der Waals surface area contributed by atoms with Crippen LogP contribution < -0.4 is 11.1 Å². The first kappa shape index (κ1) is 13.9. The number of benzene rings is 2. The van der Waals surface area contributed by atoms with Crippen molar-refractivity contribution in [3.05, 3.63) is 64.7 Å². The van der Waals surface area contributed by atoms with Crippen molar-refractivity contribution < 1.29 is 0 Å². The van der Waals surface area contributed by atoms with Crippen molar-refractivity contribution in [2.24, 2.45) is 5.73 Å². The number of nitrogens with one attached hydrogen (secondary N) is 1. The van der Waals surface area contributed by atoms with Gasteiger partial charge in [0.25, 0.3) is 0 Å². The molecule has 3 N–H and O–H groups in total. The summed E-state index contributed by atoms with van der Waals surface area (Å²) >= 11 is 6.02. The summed E-state index contributed by atoms with van der Waals surface area (Å²) in [5.74, 6) is 0. The van der Waals surface area contributed by atoms with Gasteiger partial charge in [0.05, 0.1) is 6.04 Å². The molecule has 2 aromatic carbocycles. The third kappa shape index (κ3) is 3.72. The molecule has 1 unspecified atom stereocenters. The molecule has 0 fully saturated rings. The first-order valence-electron chi connectivity index (χ1n) is 6.54. The molecule has 0 amide bonds. The number of nitrogens with two attached hydrogens (primary N) is 1. The molecule has 2 aromatic rings. The maximum atomic E-state index is 6.02. The van der Waals surface area contributed by atoms with Gasteiger partial charge < -0.3 is 11.1 Å². The molecule has 0 aliphatic heterocycles. The molecule has 0 bridgehead atoms. The van der Waals surface area contributed by atoms with Crippen LogP contribution in [0.1, 0.15) is 24.1 Å². The van der Waals surface area contributed by atoms with Gasteiger partial charge in [0.1, 0.15) is 0 Å². The van der Waals surface area contributed by atoms with Gasteiger partial charge in [-0.15, -0.1) is 0 Å². The van der Waals surface area contributed by atoms with Crippen molar-refractivity contribution in [1.82, 2.24) is 0 Å². The van der Waals surface area contributed by atoms with Gasteiger partial charge in [-0.2, -0.15) is 0 Å². The van der Waals surface area contributed by atoms with E-state index in [1.54, 1.807) is 0 Å². The first-order chi connectivity index (χ1) is 9.22. The molecule has 0 spiro atoms. The van der Waals surface area contributed by atoms with Crippen LogP contribution in [0.5, 0.6) is 0 Å². The second kappa shape index (κ2) is 6.60. The van der Waals surface area contributed by atoms with Gasteiger partial charge in [-0.1, -0.05) is 42.8 Å². The van der Waals surface area contributed by atoms with Gasteiger partial charge in [-0.3, -0.25) is 0 Å². The van der Waals surface area contributed by atoms with Crippen LogP contribution >= 0.6 is 11.6 Å². The average molecular weight is 275 g/mol. The molecule has 0 radical (unpaired) electrons. The molecule has 0 aliphatic carbocycles. The zero-order valence-electron chi connectivity index (χ0n) is 11.1. The molecular formula is C16H19ClN2. The van der Waals surface area contributed by atoms with Crippen LogP contribution in [0.4, 0.5) is 5.69 Å². The van der Waals surface area contributed by atoms with E-state index in [1.165, 1.54) is 5.56 Å². The molecule has 0 saturated carbocycles. The van der Waals surface area contributed by atoms with Crippen LogP contribution in [0.2, 0.25) is 5.02 Å². The molecule has 3 heteroatoms. The lowest BCUT2D eigenvalue weighted by Crippen LogP contribution is -2.20. The van der Waals surface area contributed by atoms with E-state index in [4.69, 9.17) is 17.3 Å². The molecule has 0 aromatic heterocycles. The van der Waals surface area contributed by atoms with Crippen LogP contribution in [0.15, 0.2) is 48.5 Å². The summed E-state index contributed by atoms with van der Waals surface area (Å²) in [6.07, 6.45) is 1.05. The van der Waals surface area contributed by atoms with Gasteiger partial charge in [-0.25, -0.2) is 0 Å². The van der Waals surface area contributed by atoms with E-state index in [0.717, 1.165) is 22.7 Å². The maximum Gasteiger partial charge on any atom is 0.0636 e. The normalized spacial score (nSPS) is 12.2. The van der Waals surface area contributed by atoms with Crippen molar-refractivity contribution in [1.29, 1.82) is 0 Å². The van der Waals surface area contributed by atoms with Crippen molar-refractivity contribution >= 4 is 17.3 Å². The highest BCUT2D eigenvalue weighted by atomic mass is 35.5. The quantitative estimate of drug-likeness (QED) is 0.864. The van der Waals surface area contributed by atoms with E-state index >= 15 is 0 Å². The molecule has 0 heterocycles. The summed E-state index contributed by atoms with van der Waals surface area (Å²) < 4.78 is 0. The minimum absolute atomic E-state index is 0.0752. The van der Waals surface area contributed by atoms with Gasteiger partial charge in [0.15, 0.2) is 0 Å². The largest absolute Gasteiger partial charge is 0.377 e. The fourth-order valence-corrected chi connectivity index (χ4v) is 2.24. The number of anilines is 1. The van der Waals surface area contributed by atoms with Crippen LogP contribution in [0, 0.1) is 0 Å². The number of aryl methyl sites for hydroxylation is 1. The lowest BCUT2D eigenvalue weighted by molar-refractivity contribution is 0.790. The van der Waals surface area contributed by atoms with E-state index in [-0.39, 0.29) is 6.04 Å². The Hall–Kier alpha value is -1.51. The van der Waals surface area contributed by atoms with Crippen LogP contribution in [-0.4, -0.2) is 6.54 Å². The van der Waals surface area contributed by atoms with Crippen molar-refractivity contribution in [2.45, 2.75) is 19.4 Å². The highest BCUT2D eigenvalue weighted by Crippen LogP contribution is 2.21. The Balaban J connectivity index is 2.14. The number of hydrogen-bond acceptors (Lipinski definition) is 2. The third-order valence-corrected chi connectivity index (χ3v) is 3.42. The Morgan fingerprint density at radius 3 is 2.47 bits per heavy atom. The van der Waals surface area contributed by atoms with Gasteiger partial charge in [0.2, 0.25) is 0 Å². The van der Waals surface area contributed by atoms with Crippen LogP contribution in [0.25, 0.3) is 0 Å². The zero-order chi connectivity index (χ0) is 13.7. The molecule has 100 valence electrons. The van der Waals surface area contributed by atoms with E-state index in [2.05, 4.69) is 36.5 Å². The number of hydrogen-bond donors (Lipinski definition) is 2. The lowest BCUT2D eigenvalue weighted by atomic mass is 10.1. The van der Waals surface area contributed by atoms with Crippen molar-refractivity contribution in [3.8, 4) is 0 Å². The SMILES string of the molecule is CCc1ccc(NC(CN)c2cccc(Cl)c2)cc1. The Kier molecular flexibility index (Phi) is 4.83. The molecular weight excluding hydrogens is 256 g/mol. The minimum Gasteiger partial charge on any atom is -0.377 e. The fraction of sp³-hybridized carbons (Fsp3) is 0.250. The minimum atomic E-state index is 0.0752. The maximum absolute atomic E-state index is 6.02. The molecule has 0 aliphatic rings. The number of halogens is 1. The topological polar surface area (TPSA) is 38.0 Å². The average Bonchev–Trinajstić information content (AvgIpc) is 2.45. The van der Waals surface area contributed by atoms with Gasteiger partial charge in [0, 0.05) is 17.3 Å². The van der Waals surface area contributed by atoms with Gasteiger partial charge in [-0.05, 0) is 41.8 Å². The standard InChI is InChI=1S/C16H19ClN2/c1-2-12-6-8-15(9-7-12)19-16(11-18)13-4-3-5-14(17)10-13/h3-10,16,19H,2,11,18H2,1H3. The molecule has 1 atom stereocenters. The predicted molar refractivity (Wildman–Crippen MR) is 82.7 cm³/mol. The van der Waals surface area contributed by atoms with Crippen molar-refractivity contribution in [3.63, 3.8) is 0 Å². The summed E-state index contributed by atoms with van der Waals surface area (Å²) in [5, 5.41) is 4.18. The second-order valence-electron chi connectivity index (χ2n) is 4.54. The monoisotopic (exact) mass is 274 g/mol. The Morgan fingerprint density at radius 2 is 1.89 bits per heavy atom. The first-order valence-corrected chi connectivity index (χ1v) is 6.91. The van der Waals surface area contributed by atoms with Gasteiger partial charge >= 0.3 is 0 Å². The summed E-state index contributed by atoms with van der Waals surface area (Å²) in [5.41, 5.74) is 9.37. The Bertz CT molecular complexity index is 523. The molecule has 2 rings (SSSR count). The smallest absolute Gasteiger partial charge is 0.0636 e. The Labute approximate surface area is 119 Å².